The molecule has 1 aliphatic rings. The third kappa shape index (κ3) is 3.22. The number of benzene rings is 1. The summed E-state index contributed by atoms with van der Waals surface area (Å²) in [4.78, 5) is 4.47. The van der Waals surface area contributed by atoms with E-state index in [0.717, 1.165) is 35.4 Å². The van der Waals surface area contributed by atoms with E-state index in [1.807, 2.05) is 18.2 Å². The van der Waals surface area contributed by atoms with E-state index in [0.29, 0.717) is 16.8 Å². The zero-order chi connectivity index (χ0) is 13.9. The first kappa shape index (κ1) is 14.0. The van der Waals surface area contributed by atoms with Crippen molar-refractivity contribution in [2.45, 2.75) is 19.3 Å². The highest BCUT2D eigenvalue weighted by Crippen LogP contribution is 2.29. The molecule has 0 radical (unpaired) electrons. The van der Waals surface area contributed by atoms with E-state index < -0.39 is 0 Å². The van der Waals surface area contributed by atoms with Crippen molar-refractivity contribution >= 4 is 27.5 Å². The van der Waals surface area contributed by atoms with Gasteiger partial charge in [0.05, 0.1) is 10.6 Å². The van der Waals surface area contributed by atoms with Crippen molar-refractivity contribution in [3.63, 3.8) is 0 Å². The maximum atomic E-state index is 6.17. The lowest BCUT2D eigenvalue weighted by molar-refractivity contribution is 0.360. The smallest absolute Gasteiger partial charge is 0.259 e. The van der Waals surface area contributed by atoms with E-state index in [4.69, 9.17) is 16.1 Å². The third-order valence-corrected chi connectivity index (χ3v) is 4.32. The fourth-order valence-electron chi connectivity index (χ4n) is 2.46. The Balaban J connectivity index is 1.77. The second-order valence-electron chi connectivity index (χ2n) is 5.06. The van der Waals surface area contributed by atoms with Crippen molar-refractivity contribution in [3.8, 4) is 11.5 Å². The average Bonchev–Trinajstić information content (AvgIpc) is 2.91. The van der Waals surface area contributed by atoms with Crippen LogP contribution in [0.1, 0.15) is 18.7 Å². The number of piperidine rings is 1. The molecule has 0 aliphatic carbocycles. The van der Waals surface area contributed by atoms with Crippen molar-refractivity contribution in [1.29, 1.82) is 0 Å². The molecule has 2 aromatic rings. The van der Waals surface area contributed by atoms with Gasteiger partial charge in [0.1, 0.15) is 0 Å². The average molecular weight is 357 g/mol. The van der Waals surface area contributed by atoms with Crippen LogP contribution in [0.25, 0.3) is 11.5 Å². The molecule has 2 heterocycles. The lowest BCUT2D eigenvalue weighted by atomic mass is 9.96. The van der Waals surface area contributed by atoms with E-state index in [9.17, 15) is 0 Å². The summed E-state index contributed by atoms with van der Waals surface area (Å²) in [7, 11) is 0. The predicted octanol–water partition coefficient (Wildman–Crippen LogP) is 3.69. The number of halogens is 2. The number of hydrogen-bond donors (Lipinski definition) is 1. The van der Waals surface area contributed by atoms with Gasteiger partial charge < -0.3 is 9.84 Å². The molecule has 1 aromatic carbocycles. The molecule has 1 unspecified atom stereocenters. The molecule has 4 nitrogen and oxygen atoms in total. The summed E-state index contributed by atoms with van der Waals surface area (Å²) in [6.07, 6.45) is 3.28. The molecule has 1 aromatic heterocycles. The Morgan fingerprint density at radius 1 is 1.45 bits per heavy atom. The quantitative estimate of drug-likeness (QED) is 0.911. The van der Waals surface area contributed by atoms with Gasteiger partial charge in [0.15, 0.2) is 5.82 Å². The summed E-state index contributed by atoms with van der Waals surface area (Å²) in [6, 6.07) is 5.59. The molecule has 106 valence electrons. The van der Waals surface area contributed by atoms with Crippen molar-refractivity contribution in [2.24, 2.45) is 5.92 Å². The molecular formula is C14H15BrClN3O. The number of nitrogens with one attached hydrogen (secondary N) is 1. The molecule has 1 aliphatic heterocycles. The third-order valence-electron chi connectivity index (χ3n) is 3.50. The molecule has 1 atom stereocenters. The highest BCUT2D eigenvalue weighted by molar-refractivity contribution is 9.10. The monoisotopic (exact) mass is 355 g/mol. The standard InChI is InChI=1S/C14H15BrClN3O/c15-10-3-4-12(16)11(7-10)14-18-13(19-20-14)6-9-2-1-5-17-8-9/h3-4,7,9,17H,1-2,5-6,8H2. The van der Waals surface area contributed by atoms with Gasteiger partial charge in [0.2, 0.25) is 0 Å². The van der Waals surface area contributed by atoms with E-state index in [-0.39, 0.29) is 0 Å². The first-order valence-electron chi connectivity index (χ1n) is 6.71. The topological polar surface area (TPSA) is 51.0 Å². The zero-order valence-electron chi connectivity index (χ0n) is 10.9. The van der Waals surface area contributed by atoms with Crippen molar-refractivity contribution < 1.29 is 4.52 Å². The SMILES string of the molecule is Clc1ccc(Br)cc1-c1nc(CC2CCCNC2)no1. The van der Waals surface area contributed by atoms with Gasteiger partial charge in [0.25, 0.3) is 5.89 Å². The van der Waals surface area contributed by atoms with Crippen molar-refractivity contribution in [1.82, 2.24) is 15.5 Å². The summed E-state index contributed by atoms with van der Waals surface area (Å²) in [6.45, 7) is 2.14. The van der Waals surface area contributed by atoms with Gasteiger partial charge in [-0.15, -0.1) is 0 Å². The largest absolute Gasteiger partial charge is 0.334 e. The number of aromatic nitrogens is 2. The van der Waals surface area contributed by atoms with Crippen LogP contribution >= 0.6 is 27.5 Å². The molecule has 1 saturated heterocycles. The second kappa shape index (κ2) is 6.24. The second-order valence-corrected chi connectivity index (χ2v) is 6.38. The number of rotatable bonds is 3. The zero-order valence-corrected chi connectivity index (χ0v) is 13.2. The van der Waals surface area contributed by atoms with E-state index >= 15 is 0 Å². The molecule has 0 spiro atoms. The van der Waals surface area contributed by atoms with Crippen molar-refractivity contribution in [3.05, 3.63) is 33.5 Å². The Hall–Kier alpha value is -0.910. The Kier molecular flexibility index (Phi) is 4.38. The first-order valence-corrected chi connectivity index (χ1v) is 7.88. The van der Waals surface area contributed by atoms with Gasteiger partial charge >= 0.3 is 0 Å². The van der Waals surface area contributed by atoms with Crippen LogP contribution in [0, 0.1) is 5.92 Å². The van der Waals surface area contributed by atoms with Crippen molar-refractivity contribution in [2.75, 3.05) is 13.1 Å². The Labute approximate surface area is 131 Å². The maximum absolute atomic E-state index is 6.17. The van der Waals surface area contributed by atoms with Gasteiger partial charge in [-0.1, -0.05) is 32.7 Å². The maximum Gasteiger partial charge on any atom is 0.259 e. The van der Waals surface area contributed by atoms with Crippen LogP contribution in [0.4, 0.5) is 0 Å². The Bertz CT molecular complexity index is 596. The summed E-state index contributed by atoms with van der Waals surface area (Å²) in [5, 5.41) is 8.08. The minimum absolute atomic E-state index is 0.482. The summed E-state index contributed by atoms with van der Waals surface area (Å²) < 4.78 is 6.28. The van der Waals surface area contributed by atoms with Crippen LogP contribution in [0.2, 0.25) is 5.02 Å². The molecule has 0 saturated carbocycles. The normalized spacial score (nSPS) is 19.2. The van der Waals surface area contributed by atoms with Crippen LogP contribution in [0.15, 0.2) is 27.2 Å². The fourth-order valence-corrected chi connectivity index (χ4v) is 3.02. The molecule has 20 heavy (non-hydrogen) atoms. The van der Waals surface area contributed by atoms with Crippen LogP contribution < -0.4 is 5.32 Å². The highest BCUT2D eigenvalue weighted by atomic mass is 79.9. The van der Waals surface area contributed by atoms with Crippen LogP contribution in [-0.4, -0.2) is 23.2 Å². The van der Waals surface area contributed by atoms with Gasteiger partial charge in [-0.2, -0.15) is 4.98 Å². The predicted molar refractivity (Wildman–Crippen MR) is 81.7 cm³/mol. The highest BCUT2D eigenvalue weighted by Gasteiger charge is 2.18. The summed E-state index contributed by atoms with van der Waals surface area (Å²) in [5.74, 6) is 1.83. The molecule has 3 rings (SSSR count). The lowest BCUT2D eigenvalue weighted by Crippen LogP contribution is -2.31. The fraction of sp³-hybridized carbons (Fsp3) is 0.429. The molecule has 1 fully saturated rings. The van der Waals surface area contributed by atoms with Gasteiger partial charge in [0, 0.05) is 10.9 Å². The van der Waals surface area contributed by atoms with Crippen LogP contribution in [-0.2, 0) is 6.42 Å². The van der Waals surface area contributed by atoms with Gasteiger partial charge in [-0.05, 0) is 50.0 Å². The molecule has 0 amide bonds. The Morgan fingerprint density at radius 3 is 3.15 bits per heavy atom. The van der Waals surface area contributed by atoms with E-state index in [1.165, 1.54) is 12.8 Å². The van der Waals surface area contributed by atoms with Crippen LogP contribution in [0.5, 0.6) is 0 Å². The van der Waals surface area contributed by atoms with Crippen LogP contribution in [0.3, 0.4) is 0 Å². The Morgan fingerprint density at radius 2 is 2.35 bits per heavy atom. The molecular weight excluding hydrogens is 342 g/mol. The van der Waals surface area contributed by atoms with E-state index in [1.54, 1.807) is 0 Å². The lowest BCUT2D eigenvalue weighted by Gasteiger charge is -2.20. The number of hydrogen-bond acceptors (Lipinski definition) is 4. The summed E-state index contributed by atoms with van der Waals surface area (Å²) >= 11 is 9.60. The van der Waals surface area contributed by atoms with Gasteiger partial charge in [-0.3, -0.25) is 0 Å². The minimum Gasteiger partial charge on any atom is -0.334 e. The van der Waals surface area contributed by atoms with Gasteiger partial charge in [-0.25, -0.2) is 0 Å². The van der Waals surface area contributed by atoms with E-state index in [2.05, 4.69) is 31.4 Å². The molecule has 1 N–H and O–H groups in total. The summed E-state index contributed by atoms with van der Waals surface area (Å²) in [5.41, 5.74) is 0.765. The molecule has 0 bridgehead atoms. The number of nitrogens with zero attached hydrogens (tertiary/aromatic N) is 2. The first-order chi connectivity index (χ1) is 9.72. The minimum atomic E-state index is 0.482. The molecule has 6 heteroatoms.